The number of carbonyl (C=O) groups is 1. The Morgan fingerprint density at radius 3 is 2.65 bits per heavy atom. The molecule has 8 heteroatoms. The van der Waals surface area contributed by atoms with Crippen molar-refractivity contribution in [3.63, 3.8) is 0 Å². The lowest BCUT2D eigenvalue weighted by Crippen LogP contribution is -2.37. The fraction of sp³-hybridized carbons (Fsp3) is 0.933. The van der Waals surface area contributed by atoms with Crippen LogP contribution in [0.15, 0.2) is 5.11 Å². The molecule has 1 aliphatic heterocycles. The Bertz CT molecular complexity index is 396. The molecule has 1 fully saturated rings. The predicted octanol–water partition coefficient (Wildman–Crippen LogP) is 2.69. The number of azide groups is 1. The molecule has 1 N–H and O–H groups in total. The summed E-state index contributed by atoms with van der Waals surface area (Å²) in [5.41, 5.74) is 7.94. The van der Waals surface area contributed by atoms with Crippen molar-refractivity contribution in [1.29, 1.82) is 0 Å². The first kappa shape index (κ1) is 19.5. The molecule has 1 rings (SSSR count). The van der Waals surface area contributed by atoms with Crippen LogP contribution in [0.25, 0.3) is 10.4 Å². The summed E-state index contributed by atoms with van der Waals surface area (Å²) in [6.45, 7) is 10.2. The van der Waals surface area contributed by atoms with Gasteiger partial charge in [-0.1, -0.05) is 5.11 Å². The summed E-state index contributed by atoms with van der Waals surface area (Å²) in [6, 6.07) is 0.149. The molecular formula is C15H29N5O3. The van der Waals surface area contributed by atoms with Crippen LogP contribution >= 0.6 is 0 Å². The number of nitrogens with zero attached hydrogens (tertiary/aromatic N) is 4. The number of likely N-dealkylation sites (tertiary alicyclic amines) is 1. The summed E-state index contributed by atoms with van der Waals surface area (Å²) in [7, 11) is 0. The van der Waals surface area contributed by atoms with Gasteiger partial charge in [0.15, 0.2) is 0 Å². The van der Waals surface area contributed by atoms with E-state index in [1.54, 1.807) is 0 Å². The summed E-state index contributed by atoms with van der Waals surface area (Å²) in [5.74, 6) is 0. The lowest BCUT2D eigenvalue weighted by Gasteiger charge is -2.29. The molecule has 23 heavy (non-hydrogen) atoms. The normalized spacial score (nSPS) is 16.7. The molecule has 0 atom stereocenters. The summed E-state index contributed by atoms with van der Waals surface area (Å²) >= 11 is 0. The molecule has 0 spiro atoms. The van der Waals surface area contributed by atoms with E-state index >= 15 is 0 Å². The molecule has 0 aromatic heterocycles. The van der Waals surface area contributed by atoms with E-state index in [2.05, 4.69) is 20.2 Å². The van der Waals surface area contributed by atoms with Gasteiger partial charge in [-0.2, -0.15) is 0 Å². The van der Waals surface area contributed by atoms with Crippen molar-refractivity contribution in [1.82, 2.24) is 10.2 Å². The minimum Gasteiger partial charge on any atom is -0.444 e. The summed E-state index contributed by atoms with van der Waals surface area (Å²) in [5, 5.41) is 6.47. The van der Waals surface area contributed by atoms with Crippen molar-refractivity contribution in [2.24, 2.45) is 5.11 Å². The predicted molar refractivity (Wildman–Crippen MR) is 88.3 cm³/mol. The van der Waals surface area contributed by atoms with Crippen LogP contribution in [0.5, 0.6) is 0 Å². The van der Waals surface area contributed by atoms with Gasteiger partial charge in [-0.05, 0) is 58.7 Å². The highest BCUT2D eigenvalue weighted by atomic mass is 16.6. The van der Waals surface area contributed by atoms with Gasteiger partial charge in [0.1, 0.15) is 5.60 Å². The van der Waals surface area contributed by atoms with E-state index < -0.39 is 5.60 Å². The molecule has 0 saturated carbocycles. The third-order valence-corrected chi connectivity index (χ3v) is 3.46. The van der Waals surface area contributed by atoms with Gasteiger partial charge in [0.25, 0.3) is 0 Å². The molecule has 0 bridgehead atoms. The smallest absolute Gasteiger partial charge is 0.407 e. The van der Waals surface area contributed by atoms with E-state index in [-0.39, 0.29) is 12.1 Å². The fourth-order valence-electron chi connectivity index (χ4n) is 2.31. The molecule has 0 aliphatic carbocycles. The van der Waals surface area contributed by atoms with E-state index in [1.807, 2.05) is 20.8 Å². The molecule has 0 aromatic carbocycles. The van der Waals surface area contributed by atoms with Crippen molar-refractivity contribution in [2.75, 3.05) is 39.4 Å². The Morgan fingerprint density at radius 2 is 2.04 bits per heavy atom. The van der Waals surface area contributed by atoms with Gasteiger partial charge in [0.2, 0.25) is 0 Å². The van der Waals surface area contributed by atoms with Crippen molar-refractivity contribution in [3.05, 3.63) is 10.4 Å². The van der Waals surface area contributed by atoms with Crippen LogP contribution in [0, 0.1) is 0 Å². The number of hydrogen-bond acceptors (Lipinski definition) is 5. The third kappa shape index (κ3) is 9.99. The Kier molecular flexibility index (Phi) is 8.76. The zero-order valence-electron chi connectivity index (χ0n) is 14.5. The highest BCUT2D eigenvalue weighted by Crippen LogP contribution is 2.13. The van der Waals surface area contributed by atoms with Crippen molar-refractivity contribution >= 4 is 6.09 Å². The van der Waals surface area contributed by atoms with Crippen LogP contribution < -0.4 is 5.32 Å². The van der Waals surface area contributed by atoms with E-state index in [0.29, 0.717) is 19.8 Å². The fourth-order valence-corrected chi connectivity index (χ4v) is 2.31. The van der Waals surface area contributed by atoms with Crippen LogP contribution in [0.3, 0.4) is 0 Å². The first-order chi connectivity index (χ1) is 10.9. The molecule has 0 unspecified atom stereocenters. The molecule has 8 nitrogen and oxygen atoms in total. The van der Waals surface area contributed by atoms with Crippen molar-refractivity contribution in [2.45, 2.75) is 51.7 Å². The number of hydrogen-bond donors (Lipinski definition) is 1. The zero-order valence-corrected chi connectivity index (χ0v) is 14.5. The minimum atomic E-state index is -0.466. The monoisotopic (exact) mass is 327 g/mol. The Labute approximate surface area is 138 Å². The first-order valence-corrected chi connectivity index (χ1v) is 8.22. The number of ether oxygens (including phenoxy) is 2. The van der Waals surface area contributed by atoms with Crippen LogP contribution in [0.4, 0.5) is 4.79 Å². The lowest BCUT2D eigenvalue weighted by molar-refractivity contribution is 0.0516. The second-order valence-electron chi connectivity index (χ2n) is 6.67. The van der Waals surface area contributed by atoms with Gasteiger partial charge in [-0.15, -0.1) is 0 Å². The molecule has 132 valence electrons. The SMILES string of the molecule is CC(C)(C)OC(=O)NCCCOCCN1CCC(N=[N+]=[N-])CC1. The molecule has 0 aromatic rings. The standard InChI is InChI=1S/C15H29N5O3/c1-15(2,3)23-14(21)17-7-4-11-22-12-10-20-8-5-13(6-9-20)18-19-16/h13H,4-12H2,1-3H3,(H,17,21). The topological polar surface area (TPSA) is 99.6 Å². The number of amides is 1. The molecule has 1 amide bonds. The van der Waals surface area contributed by atoms with Crippen molar-refractivity contribution < 1.29 is 14.3 Å². The molecule has 1 aliphatic rings. The van der Waals surface area contributed by atoms with Gasteiger partial charge in [-0.25, -0.2) is 4.79 Å². The molecule has 0 radical (unpaired) electrons. The highest BCUT2D eigenvalue weighted by molar-refractivity contribution is 5.67. The van der Waals surface area contributed by atoms with Crippen molar-refractivity contribution in [3.8, 4) is 0 Å². The van der Waals surface area contributed by atoms with Gasteiger partial charge >= 0.3 is 6.09 Å². The van der Waals surface area contributed by atoms with Gasteiger partial charge in [0, 0.05) is 30.6 Å². The zero-order chi connectivity index (χ0) is 17.1. The molecular weight excluding hydrogens is 298 g/mol. The number of nitrogens with one attached hydrogen (secondary N) is 1. The lowest BCUT2D eigenvalue weighted by atomic mass is 10.1. The number of alkyl carbamates (subject to hydrolysis) is 1. The summed E-state index contributed by atoms with van der Waals surface area (Å²) in [4.78, 5) is 16.6. The average molecular weight is 327 g/mol. The molecule has 1 heterocycles. The largest absolute Gasteiger partial charge is 0.444 e. The maximum atomic E-state index is 11.4. The third-order valence-electron chi connectivity index (χ3n) is 3.46. The first-order valence-electron chi connectivity index (χ1n) is 8.22. The van der Waals surface area contributed by atoms with Crippen LogP contribution in [-0.2, 0) is 9.47 Å². The van der Waals surface area contributed by atoms with Gasteiger partial charge in [0.05, 0.1) is 6.61 Å². The maximum absolute atomic E-state index is 11.4. The quantitative estimate of drug-likeness (QED) is 0.320. The van der Waals surface area contributed by atoms with Crippen LogP contribution in [0.2, 0.25) is 0 Å². The number of carbonyl (C=O) groups excluding carboxylic acids is 1. The number of piperidine rings is 1. The van der Waals surface area contributed by atoms with E-state index in [1.165, 1.54) is 0 Å². The van der Waals surface area contributed by atoms with Crippen LogP contribution in [-0.4, -0.2) is 62.0 Å². The summed E-state index contributed by atoms with van der Waals surface area (Å²) in [6.07, 6.45) is 2.21. The average Bonchev–Trinajstić information content (AvgIpc) is 2.46. The second-order valence-corrected chi connectivity index (χ2v) is 6.67. The molecule has 1 saturated heterocycles. The Morgan fingerprint density at radius 1 is 1.35 bits per heavy atom. The summed E-state index contributed by atoms with van der Waals surface area (Å²) < 4.78 is 10.7. The maximum Gasteiger partial charge on any atom is 0.407 e. The van der Waals surface area contributed by atoms with Crippen LogP contribution in [0.1, 0.15) is 40.0 Å². The Hall–Kier alpha value is -1.50. The Balaban J connectivity index is 1.94. The van der Waals surface area contributed by atoms with E-state index in [0.717, 1.165) is 38.9 Å². The van der Waals surface area contributed by atoms with Gasteiger partial charge in [-0.3, -0.25) is 0 Å². The van der Waals surface area contributed by atoms with Gasteiger partial charge < -0.3 is 19.7 Å². The second kappa shape index (κ2) is 10.3. The highest BCUT2D eigenvalue weighted by Gasteiger charge is 2.17. The van der Waals surface area contributed by atoms with E-state index in [4.69, 9.17) is 15.0 Å². The van der Waals surface area contributed by atoms with E-state index in [9.17, 15) is 4.79 Å². The minimum absolute atomic E-state index is 0.149. The number of rotatable bonds is 8.